The van der Waals surface area contributed by atoms with E-state index < -0.39 is 17.7 Å². The number of aliphatic hydroxyl groups excluding tert-OH is 1. The van der Waals surface area contributed by atoms with Crippen LogP contribution >= 0.6 is 0 Å². The lowest BCUT2D eigenvalue weighted by Crippen LogP contribution is -2.29. The molecule has 1 N–H and O–H groups in total. The lowest BCUT2D eigenvalue weighted by Gasteiger charge is -2.22. The number of ketones is 1. The molecule has 7 nitrogen and oxygen atoms in total. The number of amides is 1. The SMILES string of the molecule is CCCOc1ccc(/C(O)=C2\C(=O)C(=O)N(c3cc(C)on3)C2c2ccccc2)cc1. The standard InChI is InChI=1S/C24H22N2O5/c1-3-13-30-18-11-9-17(10-12-18)22(27)20-21(16-7-5-4-6-8-16)26(24(29)23(20)28)19-14-15(2)31-25-19/h4-12,14,21,27H,3,13H2,1-2H3/b22-20+. The molecule has 158 valence electrons. The second-order valence-electron chi connectivity index (χ2n) is 7.25. The van der Waals surface area contributed by atoms with E-state index in [1.165, 1.54) is 4.90 Å². The highest BCUT2D eigenvalue weighted by atomic mass is 16.5. The van der Waals surface area contributed by atoms with Crippen LogP contribution in [-0.4, -0.2) is 28.6 Å². The maximum absolute atomic E-state index is 13.0. The Bertz CT molecular complexity index is 1130. The monoisotopic (exact) mass is 418 g/mol. The van der Waals surface area contributed by atoms with Gasteiger partial charge in [0.05, 0.1) is 18.2 Å². The van der Waals surface area contributed by atoms with Gasteiger partial charge in [-0.15, -0.1) is 0 Å². The number of benzene rings is 2. The number of aryl methyl sites for hydroxylation is 1. The largest absolute Gasteiger partial charge is 0.507 e. The van der Waals surface area contributed by atoms with Gasteiger partial charge in [0.1, 0.15) is 17.3 Å². The molecule has 0 saturated carbocycles. The second kappa shape index (κ2) is 8.47. The fourth-order valence-corrected chi connectivity index (χ4v) is 3.57. The van der Waals surface area contributed by atoms with E-state index in [2.05, 4.69) is 5.16 Å². The lowest BCUT2D eigenvalue weighted by atomic mass is 9.95. The van der Waals surface area contributed by atoms with Crippen molar-refractivity contribution in [1.82, 2.24) is 5.16 Å². The molecule has 0 radical (unpaired) electrons. The molecule has 2 aromatic carbocycles. The zero-order chi connectivity index (χ0) is 22.0. The van der Waals surface area contributed by atoms with Crippen LogP contribution in [-0.2, 0) is 9.59 Å². The summed E-state index contributed by atoms with van der Waals surface area (Å²) in [6.07, 6.45) is 0.879. The Balaban J connectivity index is 1.82. The average molecular weight is 418 g/mol. The van der Waals surface area contributed by atoms with Crippen LogP contribution in [0.15, 0.2) is 70.8 Å². The third-order valence-electron chi connectivity index (χ3n) is 5.02. The normalized spacial score (nSPS) is 17.9. The first-order valence-electron chi connectivity index (χ1n) is 10.0. The van der Waals surface area contributed by atoms with Gasteiger partial charge >= 0.3 is 5.91 Å². The Morgan fingerprint density at radius 3 is 2.45 bits per heavy atom. The van der Waals surface area contributed by atoms with Crippen LogP contribution in [0.3, 0.4) is 0 Å². The average Bonchev–Trinajstić information content (AvgIpc) is 3.33. The highest BCUT2D eigenvalue weighted by molar-refractivity contribution is 6.51. The third kappa shape index (κ3) is 3.82. The first-order valence-corrected chi connectivity index (χ1v) is 10.0. The second-order valence-corrected chi connectivity index (χ2v) is 7.25. The van der Waals surface area contributed by atoms with Crippen LogP contribution in [0.5, 0.6) is 5.75 Å². The highest BCUT2D eigenvalue weighted by Gasteiger charge is 2.48. The molecule has 0 bridgehead atoms. The summed E-state index contributed by atoms with van der Waals surface area (Å²) in [6.45, 7) is 4.30. The molecule has 1 aromatic heterocycles. The summed E-state index contributed by atoms with van der Waals surface area (Å²) in [6, 6.07) is 16.6. The zero-order valence-electron chi connectivity index (χ0n) is 17.2. The predicted octanol–water partition coefficient (Wildman–Crippen LogP) is 4.40. The van der Waals surface area contributed by atoms with Gasteiger partial charge in [-0.05, 0) is 43.2 Å². The van der Waals surface area contributed by atoms with Crippen LogP contribution in [0.2, 0.25) is 0 Å². The van der Waals surface area contributed by atoms with Gasteiger partial charge in [0.15, 0.2) is 5.82 Å². The van der Waals surface area contributed by atoms with E-state index in [1.54, 1.807) is 49.4 Å². The van der Waals surface area contributed by atoms with Crippen LogP contribution in [0.4, 0.5) is 5.82 Å². The van der Waals surface area contributed by atoms with Crippen molar-refractivity contribution in [3.05, 3.63) is 83.1 Å². The lowest BCUT2D eigenvalue weighted by molar-refractivity contribution is -0.132. The van der Waals surface area contributed by atoms with Crippen molar-refractivity contribution in [2.24, 2.45) is 0 Å². The van der Waals surface area contributed by atoms with E-state index in [9.17, 15) is 14.7 Å². The van der Waals surface area contributed by atoms with Crippen molar-refractivity contribution >= 4 is 23.3 Å². The van der Waals surface area contributed by atoms with Crippen molar-refractivity contribution in [1.29, 1.82) is 0 Å². The van der Waals surface area contributed by atoms with Crippen LogP contribution in [0, 0.1) is 6.92 Å². The van der Waals surface area contributed by atoms with Gasteiger partial charge in [-0.2, -0.15) is 0 Å². The number of aliphatic hydroxyl groups is 1. The fraction of sp³-hybridized carbons (Fsp3) is 0.208. The van der Waals surface area contributed by atoms with E-state index in [0.29, 0.717) is 29.2 Å². The zero-order valence-corrected chi connectivity index (χ0v) is 17.2. The molecular formula is C24H22N2O5. The van der Waals surface area contributed by atoms with Crippen LogP contribution in [0.1, 0.15) is 36.3 Å². The summed E-state index contributed by atoms with van der Waals surface area (Å²) in [5, 5.41) is 15.0. The molecule has 1 aliphatic heterocycles. The molecule has 7 heteroatoms. The van der Waals surface area contributed by atoms with Gasteiger partial charge in [0.25, 0.3) is 5.78 Å². The summed E-state index contributed by atoms with van der Waals surface area (Å²) in [5.41, 5.74) is 1.09. The van der Waals surface area contributed by atoms with Gasteiger partial charge in [-0.3, -0.25) is 14.5 Å². The molecule has 1 fully saturated rings. The van der Waals surface area contributed by atoms with Gasteiger partial charge < -0.3 is 14.4 Å². The predicted molar refractivity (Wildman–Crippen MR) is 115 cm³/mol. The van der Waals surface area contributed by atoms with E-state index in [4.69, 9.17) is 9.26 Å². The fourth-order valence-electron chi connectivity index (χ4n) is 3.57. The molecule has 1 aliphatic rings. The van der Waals surface area contributed by atoms with Gasteiger partial charge in [-0.1, -0.05) is 42.4 Å². The van der Waals surface area contributed by atoms with Crippen molar-refractivity contribution in [2.45, 2.75) is 26.3 Å². The summed E-state index contributed by atoms with van der Waals surface area (Å²) in [4.78, 5) is 27.2. The van der Waals surface area contributed by atoms with Crippen molar-refractivity contribution in [2.75, 3.05) is 11.5 Å². The molecule has 1 saturated heterocycles. The maximum atomic E-state index is 13.0. The number of Topliss-reactive ketones (excluding diaryl/α,β-unsaturated/α-hetero) is 1. The number of carbonyl (C=O) groups is 2. The third-order valence-corrected chi connectivity index (χ3v) is 5.02. The maximum Gasteiger partial charge on any atom is 0.301 e. The van der Waals surface area contributed by atoms with E-state index in [0.717, 1.165) is 6.42 Å². The van der Waals surface area contributed by atoms with Crippen molar-refractivity contribution in [3.8, 4) is 5.75 Å². The molecular weight excluding hydrogens is 396 g/mol. The molecule has 1 unspecified atom stereocenters. The molecule has 31 heavy (non-hydrogen) atoms. The van der Waals surface area contributed by atoms with Gasteiger partial charge in [-0.25, -0.2) is 0 Å². The number of ether oxygens (including phenoxy) is 1. The smallest absolute Gasteiger partial charge is 0.301 e. The Kier molecular flexibility index (Phi) is 5.58. The van der Waals surface area contributed by atoms with Crippen LogP contribution < -0.4 is 9.64 Å². The number of anilines is 1. The van der Waals surface area contributed by atoms with Crippen LogP contribution in [0.25, 0.3) is 5.76 Å². The topological polar surface area (TPSA) is 92.9 Å². The quantitative estimate of drug-likeness (QED) is 0.362. The minimum Gasteiger partial charge on any atom is -0.507 e. The molecule has 0 aliphatic carbocycles. The number of hydrogen-bond donors (Lipinski definition) is 1. The molecule has 3 aromatic rings. The number of hydrogen-bond acceptors (Lipinski definition) is 6. The minimum atomic E-state index is -0.832. The molecule has 4 rings (SSSR count). The number of carbonyl (C=O) groups excluding carboxylic acids is 2. The first kappa shape index (κ1) is 20.4. The highest BCUT2D eigenvalue weighted by Crippen LogP contribution is 2.41. The van der Waals surface area contributed by atoms with E-state index in [-0.39, 0.29) is 17.2 Å². The molecule has 0 spiro atoms. The van der Waals surface area contributed by atoms with E-state index >= 15 is 0 Å². The summed E-state index contributed by atoms with van der Waals surface area (Å²) in [7, 11) is 0. The van der Waals surface area contributed by atoms with Gasteiger partial charge in [0.2, 0.25) is 0 Å². The summed E-state index contributed by atoms with van der Waals surface area (Å²) < 4.78 is 10.7. The van der Waals surface area contributed by atoms with Crippen molar-refractivity contribution in [3.63, 3.8) is 0 Å². The Morgan fingerprint density at radius 2 is 1.84 bits per heavy atom. The van der Waals surface area contributed by atoms with E-state index in [1.807, 2.05) is 25.1 Å². The Hall–Kier alpha value is -3.87. The molecule has 2 heterocycles. The first-order chi connectivity index (χ1) is 15.0. The molecule has 1 atom stereocenters. The van der Waals surface area contributed by atoms with Crippen molar-refractivity contribution < 1.29 is 24.0 Å². The summed E-state index contributed by atoms with van der Waals surface area (Å²) >= 11 is 0. The Labute approximate surface area is 179 Å². The number of nitrogens with zero attached hydrogens (tertiary/aromatic N) is 2. The number of rotatable bonds is 6. The number of aromatic nitrogens is 1. The van der Waals surface area contributed by atoms with Gasteiger partial charge in [0, 0.05) is 11.6 Å². The molecule has 1 amide bonds. The minimum absolute atomic E-state index is 0.000852. The Morgan fingerprint density at radius 1 is 1.13 bits per heavy atom. The summed E-state index contributed by atoms with van der Waals surface area (Å²) in [5.74, 6) is -0.416.